The Morgan fingerprint density at radius 3 is 2.70 bits per heavy atom. The number of nitrogens with one attached hydrogen (secondary N) is 2. The lowest BCUT2D eigenvalue weighted by Crippen LogP contribution is -2.56. The van der Waals surface area contributed by atoms with E-state index in [1.54, 1.807) is 25.2 Å². The molecule has 1 aromatic heterocycles. The maximum Gasteiger partial charge on any atom is 0.249 e. The smallest absolute Gasteiger partial charge is 0.249 e. The molecule has 2 amide bonds. The predicted octanol–water partition coefficient (Wildman–Crippen LogP) is 1.45. The normalized spacial score (nSPS) is 22.0. The lowest BCUT2D eigenvalue weighted by Gasteiger charge is -2.44. The van der Waals surface area contributed by atoms with Crippen LogP contribution in [0.1, 0.15) is 39.0 Å². The first-order chi connectivity index (χ1) is 12.6. The van der Waals surface area contributed by atoms with Crippen molar-refractivity contribution >= 4 is 23.2 Å². The molecule has 0 bridgehead atoms. The van der Waals surface area contributed by atoms with E-state index in [0.717, 1.165) is 6.42 Å². The van der Waals surface area contributed by atoms with Crippen molar-refractivity contribution in [2.45, 2.75) is 58.5 Å². The molecule has 1 aliphatic heterocycles. The molecule has 1 aliphatic rings. The summed E-state index contributed by atoms with van der Waals surface area (Å²) in [7, 11) is 0. The molecule has 0 spiro atoms. The van der Waals surface area contributed by atoms with Crippen molar-refractivity contribution in [1.29, 1.82) is 0 Å². The van der Waals surface area contributed by atoms with E-state index >= 15 is 0 Å². The van der Waals surface area contributed by atoms with E-state index in [4.69, 9.17) is 9.47 Å². The third kappa shape index (κ3) is 6.57. The number of aliphatic hydroxyl groups excluding tert-OH is 1. The van der Waals surface area contributed by atoms with Crippen molar-refractivity contribution < 1.29 is 24.2 Å². The van der Waals surface area contributed by atoms with Gasteiger partial charge >= 0.3 is 0 Å². The highest BCUT2D eigenvalue weighted by atomic mass is 32.1. The first-order valence-electron chi connectivity index (χ1n) is 9.18. The van der Waals surface area contributed by atoms with Gasteiger partial charge in [-0.25, -0.2) is 0 Å². The van der Waals surface area contributed by atoms with E-state index in [2.05, 4.69) is 10.6 Å². The number of hydrogen-bond donors (Lipinski definition) is 3. The number of carbonyl (C=O) groups is 2. The highest BCUT2D eigenvalue weighted by molar-refractivity contribution is 7.09. The fourth-order valence-electron chi connectivity index (χ4n) is 2.76. The maximum atomic E-state index is 12.5. The predicted molar refractivity (Wildman–Crippen MR) is 103 cm³/mol. The van der Waals surface area contributed by atoms with Gasteiger partial charge < -0.3 is 25.2 Å². The number of rotatable bonds is 8. The summed E-state index contributed by atoms with van der Waals surface area (Å²) in [5.41, 5.74) is -0.461. The largest absolute Gasteiger partial charge is 0.383 e. The second kappa shape index (κ2) is 9.14. The van der Waals surface area contributed by atoms with Crippen LogP contribution >= 0.6 is 11.3 Å². The van der Waals surface area contributed by atoms with E-state index in [1.165, 1.54) is 4.88 Å². The van der Waals surface area contributed by atoms with Crippen LogP contribution in [0.2, 0.25) is 0 Å². The van der Waals surface area contributed by atoms with Gasteiger partial charge in [-0.05, 0) is 38.1 Å². The Balaban J connectivity index is 1.70. The van der Waals surface area contributed by atoms with Crippen molar-refractivity contribution in [3.05, 3.63) is 22.4 Å². The summed E-state index contributed by atoms with van der Waals surface area (Å²) in [6, 6.07) is 3.97. The summed E-state index contributed by atoms with van der Waals surface area (Å²) in [6.07, 6.45) is -0.936. The van der Waals surface area contributed by atoms with Gasteiger partial charge in [0.05, 0.1) is 6.61 Å². The van der Waals surface area contributed by atoms with Crippen LogP contribution in [0.4, 0.5) is 0 Å². The zero-order valence-electron chi connectivity index (χ0n) is 16.4. The van der Waals surface area contributed by atoms with Crippen molar-refractivity contribution in [2.24, 2.45) is 5.41 Å². The fraction of sp³-hybridized carbons (Fsp3) is 0.684. The van der Waals surface area contributed by atoms with Crippen LogP contribution in [0.25, 0.3) is 0 Å². The zero-order valence-corrected chi connectivity index (χ0v) is 17.2. The van der Waals surface area contributed by atoms with E-state index in [9.17, 15) is 14.7 Å². The summed E-state index contributed by atoms with van der Waals surface area (Å²) in [5.74, 6) is -1.51. The van der Waals surface area contributed by atoms with Gasteiger partial charge in [-0.3, -0.25) is 9.59 Å². The van der Waals surface area contributed by atoms with Crippen LogP contribution < -0.4 is 10.6 Å². The first kappa shape index (κ1) is 21.8. The Hall–Kier alpha value is -1.48. The monoisotopic (exact) mass is 398 g/mol. The number of thiophene rings is 1. The quantitative estimate of drug-likeness (QED) is 0.616. The molecule has 8 heteroatoms. The molecule has 1 saturated heterocycles. The Morgan fingerprint density at radius 1 is 1.30 bits per heavy atom. The van der Waals surface area contributed by atoms with Crippen LogP contribution in [-0.4, -0.2) is 54.6 Å². The molecule has 0 radical (unpaired) electrons. The van der Waals surface area contributed by atoms with E-state index < -0.39 is 29.3 Å². The first-order valence-corrected chi connectivity index (χ1v) is 10.1. The molecule has 0 aliphatic carbocycles. The fourth-order valence-corrected chi connectivity index (χ4v) is 3.47. The minimum atomic E-state index is -1.16. The van der Waals surface area contributed by atoms with Gasteiger partial charge in [-0.15, -0.1) is 11.3 Å². The molecule has 2 heterocycles. The summed E-state index contributed by atoms with van der Waals surface area (Å²) < 4.78 is 11.4. The minimum absolute atomic E-state index is 0.142. The Bertz CT molecular complexity index is 630. The summed E-state index contributed by atoms with van der Waals surface area (Å²) in [5, 5.41) is 17.4. The molecule has 7 nitrogen and oxygen atoms in total. The summed E-state index contributed by atoms with van der Waals surface area (Å²) in [6.45, 7) is 8.43. The third-order valence-electron chi connectivity index (χ3n) is 4.41. The van der Waals surface area contributed by atoms with E-state index in [-0.39, 0.29) is 18.9 Å². The molecule has 2 unspecified atom stereocenters. The lowest BCUT2D eigenvalue weighted by molar-refractivity contribution is -0.304. The van der Waals surface area contributed by atoms with Crippen molar-refractivity contribution in [1.82, 2.24) is 10.6 Å². The van der Waals surface area contributed by atoms with Gasteiger partial charge in [-0.1, -0.05) is 19.9 Å². The molecule has 2 atom stereocenters. The van der Waals surface area contributed by atoms with Crippen LogP contribution in [0.3, 0.4) is 0 Å². The van der Waals surface area contributed by atoms with Gasteiger partial charge in [0.15, 0.2) is 5.79 Å². The SMILES string of the molecule is CC1(C)OCC(C)(C)C(C(=O)NCCC(O)C(=O)NCCc2cccs2)O1. The average Bonchev–Trinajstić information content (AvgIpc) is 3.10. The molecule has 0 saturated carbocycles. The second-order valence-electron chi connectivity index (χ2n) is 7.89. The lowest BCUT2D eigenvalue weighted by atomic mass is 9.85. The molecule has 1 fully saturated rings. The molecule has 27 heavy (non-hydrogen) atoms. The van der Waals surface area contributed by atoms with Gasteiger partial charge in [0.25, 0.3) is 0 Å². The molecule has 2 rings (SSSR count). The summed E-state index contributed by atoms with van der Waals surface area (Å²) >= 11 is 1.63. The van der Waals surface area contributed by atoms with Crippen molar-refractivity contribution in [3.63, 3.8) is 0 Å². The van der Waals surface area contributed by atoms with Crippen LogP contribution in [-0.2, 0) is 25.5 Å². The minimum Gasteiger partial charge on any atom is -0.383 e. The molecule has 3 N–H and O–H groups in total. The van der Waals surface area contributed by atoms with Crippen molar-refractivity contribution in [3.8, 4) is 0 Å². The highest BCUT2D eigenvalue weighted by Gasteiger charge is 2.45. The molecule has 0 aromatic carbocycles. The van der Waals surface area contributed by atoms with Crippen molar-refractivity contribution in [2.75, 3.05) is 19.7 Å². The van der Waals surface area contributed by atoms with E-state index in [0.29, 0.717) is 13.2 Å². The molecular weight excluding hydrogens is 368 g/mol. The third-order valence-corrected chi connectivity index (χ3v) is 5.35. The average molecular weight is 399 g/mol. The number of aliphatic hydroxyl groups is 1. The van der Waals surface area contributed by atoms with Gasteiger partial charge in [-0.2, -0.15) is 0 Å². The number of amides is 2. The Kier molecular flexibility index (Phi) is 7.39. The highest BCUT2D eigenvalue weighted by Crippen LogP contribution is 2.34. The van der Waals surface area contributed by atoms with Crippen LogP contribution in [0.15, 0.2) is 17.5 Å². The number of ether oxygens (including phenoxy) is 2. The zero-order chi connectivity index (χ0) is 20.1. The number of carbonyl (C=O) groups excluding carboxylic acids is 2. The van der Waals surface area contributed by atoms with Gasteiger partial charge in [0.1, 0.15) is 12.2 Å². The standard InChI is InChI=1S/C19H30N2O5S/c1-18(2)12-25-19(3,4)26-15(18)17(24)21-10-8-14(22)16(23)20-9-7-13-6-5-11-27-13/h5-6,11,14-15,22H,7-10,12H2,1-4H3,(H,20,23)(H,21,24). The second-order valence-corrected chi connectivity index (χ2v) is 8.92. The molecular formula is C19H30N2O5S. The van der Waals surface area contributed by atoms with Gasteiger partial charge in [0.2, 0.25) is 11.8 Å². The van der Waals surface area contributed by atoms with Crippen LogP contribution in [0.5, 0.6) is 0 Å². The topological polar surface area (TPSA) is 96.9 Å². The maximum absolute atomic E-state index is 12.5. The molecule has 1 aromatic rings. The Morgan fingerprint density at radius 2 is 2.04 bits per heavy atom. The summed E-state index contributed by atoms with van der Waals surface area (Å²) in [4.78, 5) is 25.6. The van der Waals surface area contributed by atoms with Gasteiger partial charge in [0, 0.05) is 23.4 Å². The Labute approximate surface area is 164 Å². The number of hydrogen-bond acceptors (Lipinski definition) is 6. The molecule has 152 valence electrons. The van der Waals surface area contributed by atoms with Crippen LogP contribution in [0, 0.1) is 5.41 Å². The van der Waals surface area contributed by atoms with E-state index in [1.807, 2.05) is 31.4 Å².